The molecule has 0 bridgehead atoms. The fraction of sp³-hybridized carbons (Fsp3) is 0.292. The van der Waals surface area contributed by atoms with Gasteiger partial charge in [0.25, 0.3) is 0 Å². The van der Waals surface area contributed by atoms with Crippen LogP contribution in [-0.2, 0) is 0 Å². The van der Waals surface area contributed by atoms with Crippen LogP contribution in [-0.4, -0.2) is 36.2 Å². The molecular formula is C24H27N5O2. The Hall–Kier alpha value is -3.61. The van der Waals surface area contributed by atoms with Gasteiger partial charge < -0.3 is 20.3 Å². The van der Waals surface area contributed by atoms with E-state index >= 15 is 0 Å². The van der Waals surface area contributed by atoms with E-state index in [9.17, 15) is 4.79 Å². The van der Waals surface area contributed by atoms with Crippen LogP contribution in [0.2, 0.25) is 0 Å². The zero-order chi connectivity index (χ0) is 21.6. The highest BCUT2D eigenvalue weighted by Crippen LogP contribution is 2.30. The maximum absolute atomic E-state index is 12.6. The number of carbonyl (C=O) groups excluding carboxylic acids is 1. The van der Waals surface area contributed by atoms with Gasteiger partial charge >= 0.3 is 6.03 Å². The summed E-state index contributed by atoms with van der Waals surface area (Å²) in [4.78, 5) is 24.1. The Kier molecular flexibility index (Phi) is 6.31. The topological polar surface area (TPSA) is 79.4 Å². The Balaban J connectivity index is 1.51. The number of aromatic nitrogens is 2. The van der Waals surface area contributed by atoms with Gasteiger partial charge in [0.1, 0.15) is 11.4 Å². The van der Waals surface area contributed by atoms with Crippen molar-refractivity contribution in [3.05, 3.63) is 60.4 Å². The number of aryl methyl sites for hydroxylation is 1. The summed E-state index contributed by atoms with van der Waals surface area (Å²) < 4.78 is 5.22. The summed E-state index contributed by atoms with van der Waals surface area (Å²) in [6, 6.07) is 12.9. The third-order valence-corrected chi connectivity index (χ3v) is 5.41. The van der Waals surface area contributed by atoms with Gasteiger partial charge in [-0.2, -0.15) is 0 Å². The molecule has 2 heterocycles. The summed E-state index contributed by atoms with van der Waals surface area (Å²) in [7, 11) is 1.62. The van der Waals surface area contributed by atoms with E-state index in [1.165, 1.54) is 19.3 Å². The Morgan fingerprint density at radius 3 is 2.58 bits per heavy atom. The van der Waals surface area contributed by atoms with Crippen LogP contribution in [0.15, 0.2) is 54.9 Å². The largest absolute Gasteiger partial charge is 0.497 e. The Morgan fingerprint density at radius 2 is 1.81 bits per heavy atom. The number of benzene rings is 2. The first-order chi connectivity index (χ1) is 15.1. The standard InChI is InChI=1S/C24H27N5O2/c1-17-15-20(31-2)9-10-21(17)28-24(30)27-19-8-6-7-18(16-19)22-23(26-12-11-25-22)29-13-4-3-5-14-29/h6-12,15-16H,3-5,13-14H2,1-2H3,(H2,27,28,30). The smallest absolute Gasteiger partial charge is 0.323 e. The maximum Gasteiger partial charge on any atom is 0.323 e. The molecule has 0 atom stereocenters. The van der Waals surface area contributed by atoms with E-state index in [1.807, 2.05) is 49.4 Å². The Labute approximate surface area is 182 Å². The fourth-order valence-electron chi connectivity index (χ4n) is 3.80. The highest BCUT2D eigenvalue weighted by atomic mass is 16.5. The second kappa shape index (κ2) is 9.47. The van der Waals surface area contributed by atoms with Crippen molar-refractivity contribution in [3.8, 4) is 17.0 Å². The minimum absolute atomic E-state index is 0.305. The van der Waals surface area contributed by atoms with Gasteiger partial charge in [-0.05, 0) is 62.1 Å². The third-order valence-electron chi connectivity index (χ3n) is 5.41. The summed E-state index contributed by atoms with van der Waals surface area (Å²) in [5.74, 6) is 1.65. The van der Waals surface area contributed by atoms with Gasteiger partial charge in [0.2, 0.25) is 0 Å². The number of carbonyl (C=O) groups is 1. The number of nitrogens with one attached hydrogen (secondary N) is 2. The van der Waals surface area contributed by atoms with Crippen LogP contribution in [0.3, 0.4) is 0 Å². The molecule has 1 saturated heterocycles. The number of urea groups is 1. The van der Waals surface area contributed by atoms with Gasteiger partial charge in [-0.25, -0.2) is 9.78 Å². The molecule has 1 aliphatic rings. The molecule has 160 valence electrons. The van der Waals surface area contributed by atoms with Crippen LogP contribution in [0.1, 0.15) is 24.8 Å². The second-order valence-electron chi connectivity index (χ2n) is 7.62. The van der Waals surface area contributed by atoms with E-state index in [1.54, 1.807) is 19.5 Å². The van der Waals surface area contributed by atoms with Crippen LogP contribution >= 0.6 is 0 Å². The molecule has 4 rings (SSSR count). The normalized spacial score (nSPS) is 13.5. The molecular weight excluding hydrogens is 390 g/mol. The average Bonchev–Trinajstić information content (AvgIpc) is 2.81. The molecule has 3 aromatic rings. The number of ether oxygens (including phenoxy) is 1. The van der Waals surface area contributed by atoms with Crippen molar-refractivity contribution in [1.29, 1.82) is 0 Å². The van der Waals surface area contributed by atoms with Crippen LogP contribution < -0.4 is 20.3 Å². The monoisotopic (exact) mass is 417 g/mol. The van der Waals surface area contributed by atoms with Gasteiger partial charge in [0.05, 0.1) is 7.11 Å². The molecule has 1 fully saturated rings. The van der Waals surface area contributed by atoms with Gasteiger partial charge in [-0.3, -0.25) is 4.98 Å². The lowest BCUT2D eigenvalue weighted by molar-refractivity contribution is 0.262. The van der Waals surface area contributed by atoms with Crippen molar-refractivity contribution in [1.82, 2.24) is 9.97 Å². The van der Waals surface area contributed by atoms with E-state index in [4.69, 9.17) is 4.74 Å². The van der Waals surface area contributed by atoms with Crippen LogP contribution in [0.5, 0.6) is 5.75 Å². The molecule has 7 heteroatoms. The molecule has 2 amide bonds. The van der Waals surface area contributed by atoms with Crippen LogP contribution in [0.25, 0.3) is 11.3 Å². The number of hydrogen-bond donors (Lipinski definition) is 2. The summed E-state index contributed by atoms with van der Waals surface area (Å²) in [5, 5.41) is 5.80. The predicted octanol–water partition coefficient (Wildman–Crippen LogP) is 5.09. The molecule has 0 unspecified atom stereocenters. The molecule has 0 radical (unpaired) electrons. The molecule has 2 N–H and O–H groups in total. The molecule has 31 heavy (non-hydrogen) atoms. The number of methoxy groups -OCH3 is 1. The Morgan fingerprint density at radius 1 is 1.00 bits per heavy atom. The van der Waals surface area contributed by atoms with E-state index in [0.29, 0.717) is 5.69 Å². The number of hydrogen-bond acceptors (Lipinski definition) is 5. The summed E-state index contributed by atoms with van der Waals surface area (Å²) in [6.45, 7) is 3.91. The van der Waals surface area contributed by atoms with E-state index in [0.717, 1.165) is 47.2 Å². The van der Waals surface area contributed by atoms with Gasteiger partial charge in [0, 0.05) is 42.4 Å². The molecule has 1 aromatic heterocycles. The van der Waals surface area contributed by atoms with Crippen LogP contribution in [0, 0.1) is 6.92 Å². The number of nitrogens with zero attached hydrogens (tertiary/aromatic N) is 3. The first-order valence-electron chi connectivity index (χ1n) is 10.5. The SMILES string of the molecule is COc1ccc(NC(=O)Nc2cccc(-c3nccnc3N3CCCCC3)c2)c(C)c1. The van der Waals surface area contributed by atoms with Crippen molar-refractivity contribution < 1.29 is 9.53 Å². The third kappa shape index (κ3) is 4.94. The highest BCUT2D eigenvalue weighted by molar-refractivity contribution is 6.00. The first kappa shape index (κ1) is 20.7. The summed E-state index contributed by atoms with van der Waals surface area (Å²) in [6.07, 6.45) is 7.04. The lowest BCUT2D eigenvalue weighted by atomic mass is 10.1. The number of piperidine rings is 1. The predicted molar refractivity (Wildman–Crippen MR) is 124 cm³/mol. The lowest BCUT2D eigenvalue weighted by Gasteiger charge is -2.28. The fourth-order valence-corrected chi connectivity index (χ4v) is 3.80. The lowest BCUT2D eigenvalue weighted by Crippen LogP contribution is -2.30. The number of amides is 2. The number of rotatable bonds is 5. The van der Waals surface area contributed by atoms with Crippen molar-refractivity contribution in [3.63, 3.8) is 0 Å². The number of anilines is 3. The molecule has 7 nitrogen and oxygen atoms in total. The van der Waals surface area contributed by atoms with Crippen molar-refractivity contribution >= 4 is 23.2 Å². The minimum Gasteiger partial charge on any atom is -0.497 e. The molecule has 0 spiro atoms. The zero-order valence-corrected chi connectivity index (χ0v) is 17.9. The minimum atomic E-state index is -0.305. The van der Waals surface area contributed by atoms with Crippen molar-refractivity contribution in [2.75, 3.05) is 35.7 Å². The molecule has 2 aromatic carbocycles. The quantitative estimate of drug-likeness (QED) is 0.604. The van der Waals surface area contributed by atoms with E-state index in [2.05, 4.69) is 25.5 Å². The second-order valence-corrected chi connectivity index (χ2v) is 7.62. The van der Waals surface area contributed by atoms with Gasteiger partial charge in [-0.1, -0.05) is 12.1 Å². The zero-order valence-electron chi connectivity index (χ0n) is 17.9. The maximum atomic E-state index is 12.6. The summed E-state index contributed by atoms with van der Waals surface area (Å²) >= 11 is 0. The average molecular weight is 418 g/mol. The molecule has 0 saturated carbocycles. The molecule has 1 aliphatic heterocycles. The van der Waals surface area contributed by atoms with E-state index in [-0.39, 0.29) is 6.03 Å². The summed E-state index contributed by atoms with van der Waals surface area (Å²) in [5.41, 5.74) is 4.10. The van der Waals surface area contributed by atoms with Crippen LogP contribution in [0.4, 0.5) is 22.0 Å². The first-order valence-corrected chi connectivity index (χ1v) is 10.5. The molecule has 0 aliphatic carbocycles. The van der Waals surface area contributed by atoms with Crippen molar-refractivity contribution in [2.24, 2.45) is 0 Å². The highest BCUT2D eigenvalue weighted by Gasteiger charge is 2.18. The van der Waals surface area contributed by atoms with E-state index < -0.39 is 0 Å². The van der Waals surface area contributed by atoms with Crippen molar-refractivity contribution in [2.45, 2.75) is 26.2 Å². The van der Waals surface area contributed by atoms with Gasteiger partial charge in [-0.15, -0.1) is 0 Å². The van der Waals surface area contributed by atoms with Gasteiger partial charge in [0.15, 0.2) is 5.82 Å². The Bertz CT molecular complexity index is 1060.